The topological polar surface area (TPSA) is 71.3 Å². The van der Waals surface area contributed by atoms with Gasteiger partial charge in [-0.15, -0.1) is 11.8 Å². The van der Waals surface area contributed by atoms with Crippen LogP contribution in [0.4, 0.5) is 5.69 Å². The Morgan fingerprint density at radius 2 is 1.50 bits per heavy atom. The summed E-state index contributed by atoms with van der Waals surface area (Å²) in [5.41, 5.74) is 3.45. The summed E-state index contributed by atoms with van der Waals surface area (Å²) in [6, 6.07) is 28.7. The van der Waals surface area contributed by atoms with E-state index in [0.717, 1.165) is 16.0 Å². The SMILES string of the molecule is O=C(CSc1ccccc1C(=O)Nc1ccc(-c2ccccc2)cc1)NCc1ccco1. The Morgan fingerprint density at radius 1 is 0.781 bits per heavy atom. The Morgan fingerprint density at radius 3 is 2.25 bits per heavy atom. The number of nitrogens with one attached hydrogen (secondary N) is 2. The van der Waals surface area contributed by atoms with Crippen LogP contribution in [0.15, 0.2) is 107 Å². The van der Waals surface area contributed by atoms with Crippen LogP contribution in [0, 0.1) is 0 Å². The third-order valence-electron chi connectivity index (χ3n) is 4.78. The van der Waals surface area contributed by atoms with E-state index in [2.05, 4.69) is 10.6 Å². The number of carbonyl (C=O) groups excluding carboxylic acids is 2. The predicted octanol–water partition coefficient (Wildman–Crippen LogP) is 5.61. The largest absolute Gasteiger partial charge is 0.467 e. The molecule has 0 aliphatic carbocycles. The van der Waals surface area contributed by atoms with Gasteiger partial charge in [-0.3, -0.25) is 9.59 Å². The molecular weight excluding hydrogens is 420 g/mol. The van der Waals surface area contributed by atoms with Crippen molar-refractivity contribution in [1.29, 1.82) is 0 Å². The minimum Gasteiger partial charge on any atom is -0.467 e. The summed E-state index contributed by atoms with van der Waals surface area (Å²) < 4.78 is 5.21. The maximum absolute atomic E-state index is 12.9. The predicted molar refractivity (Wildman–Crippen MR) is 128 cm³/mol. The van der Waals surface area contributed by atoms with Crippen molar-refractivity contribution >= 4 is 29.3 Å². The summed E-state index contributed by atoms with van der Waals surface area (Å²) in [4.78, 5) is 25.8. The van der Waals surface area contributed by atoms with E-state index < -0.39 is 0 Å². The molecule has 0 aliphatic heterocycles. The zero-order valence-electron chi connectivity index (χ0n) is 17.3. The molecule has 4 rings (SSSR count). The highest BCUT2D eigenvalue weighted by Gasteiger charge is 2.13. The van der Waals surface area contributed by atoms with Crippen LogP contribution in [0.3, 0.4) is 0 Å². The average molecular weight is 443 g/mol. The van der Waals surface area contributed by atoms with Crippen molar-refractivity contribution in [3.05, 3.63) is 109 Å². The van der Waals surface area contributed by atoms with E-state index >= 15 is 0 Å². The first-order valence-electron chi connectivity index (χ1n) is 10.2. The molecule has 0 radical (unpaired) electrons. The molecule has 32 heavy (non-hydrogen) atoms. The third-order valence-corrected chi connectivity index (χ3v) is 5.85. The quantitative estimate of drug-likeness (QED) is 0.348. The van der Waals surface area contributed by atoms with E-state index in [4.69, 9.17) is 4.42 Å². The molecule has 0 bridgehead atoms. The molecule has 0 unspecified atom stereocenters. The lowest BCUT2D eigenvalue weighted by Crippen LogP contribution is -2.24. The Hall–Kier alpha value is -3.77. The van der Waals surface area contributed by atoms with E-state index in [9.17, 15) is 9.59 Å². The first kappa shape index (κ1) is 21.5. The Bertz CT molecular complexity index is 1170. The zero-order chi connectivity index (χ0) is 22.2. The number of carbonyl (C=O) groups is 2. The van der Waals surface area contributed by atoms with Crippen molar-refractivity contribution in [1.82, 2.24) is 5.32 Å². The van der Waals surface area contributed by atoms with Crippen molar-refractivity contribution in [2.24, 2.45) is 0 Å². The van der Waals surface area contributed by atoms with Gasteiger partial charge in [-0.05, 0) is 47.5 Å². The minimum absolute atomic E-state index is 0.127. The molecule has 2 amide bonds. The Kier molecular flexibility index (Phi) is 7.05. The summed E-state index contributed by atoms with van der Waals surface area (Å²) in [6.45, 7) is 0.341. The number of rotatable bonds is 8. The van der Waals surface area contributed by atoms with Gasteiger partial charge in [-0.2, -0.15) is 0 Å². The Balaban J connectivity index is 1.36. The van der Waals surface area contributed by atoms with Gasteiger partial charge < -0.3 is 15.1 Å². The smallest absolute Gasteiger partial charge is 0.256 e. The van der Waals surface area contributed by atoms with E-state index in [1.54, 1.807) is 24.5 Å². The molecule has 4 aromatic rings. The molecule has 0 saturated heterocycles. The standard InChI is InChI=1S/C26H22N2O3S/c29-25(27-17-22-9-6-16-31-22)18-32-24-11-5-4-10-23(24)26(30)28-21-14-12-20(13-15-21)19-7-2-1-3-8-19/h1-16H,17-18H2,(H,27,29)(H,28,30). The van der Waals surface area contributed by atoms with Gasteiger partial charge in [0.1, 0.15) is 5.76 Å². The number of anilines is 1. The van der Waals surface area contributed by atoms with Crippen LogP contribution >= 0.6 is 11.8 Å². The van der Waals surface area contributed by atoms with Crippen LogP contribution in [0.25, 0.3) is 11.1 Å². The fourth-order valence-electron chi connectivity index (χ4n) is 3.15. The molecule has 0 aliphatic rings. The molecule has 5 nitrogen and oxygen atoms in total. The van der Waals surface area contributed by atoms with Gasteiger partial charge in [0.2, 0.25) is 5.91 Å². The number of thioether (sulfide) groups is 1. The van der Waals surface area contributed by atoms with E-state index in [1.165, 1.54) is 11.8 Å². The van der Waals surface area contributed by atoms with Crippen LogP contribution in [-0.2, 0) is 11.3 Å². The highest BCUT2D eigenvalue weighted by molar-refractivity contribution is 8.00. The zero-order valence-corrected chi connectivity index (χ0v) is 18.1. The Labute approximate surface area is 190 Å². The highest BCUT2D eigenvalue weighted by Crippen LogP contribution is 2.25. The van der Waals surface area contributed by atoms with Crippen molar-refractivity contribution in [2.45, 2.75) is 11.4 Å². The number of amides is 2. The van der Waals surface area contributed by atoms with Gasteiger partial charge in [0.05, 0.1) is 24.1 Å². The van der Waals surface area contributed by atoms with Gasteiger partial charge in [-0.25, -0.2) is 0 Å². The van der Waals surface area contributed by atoms with Crippen molar-refractivity contribution in [3.8, 4) is 11.1 Å². The molecule has 0 saturated carbocycles. The van der Waals surface area contributed by atoms with Crippen LogP contribution < -0.4 is 10.6 Å². The molecule has 2 N–H and O–H groups in total. The molecule has 0 spiro atoms. The van der Waals surface area contributed by atoms with Gasteiger partial charge in [0.15, 0.2) is 0 Å². The molecule has 1 heterocycles. The maximum atomic E-state index is 12.9. The summed E-state index contributed by atoms with van der Waals surface area (Å²) in [5, 5.41) is 5.75. The summed E-state index contributed by atoms with van der Waals surface area (Å²) in [7, 11) is 0. The van der Waals surface area contributed by atoms with Crippen LogP contribution in [0.5, 0.6) is 0 Å². The van der Waals surface area contributed by atoms with Gasteiger partial charge in [0.25, 0.3) is 5.91 Å². The fraction of sp³-hybridized carbons (Fsp3) is 0.0769. The summed E-state index contributed by atoms with van der Waals surface area (Å²) in [6.07, 6.45) is 1.57. The number of furan rings is 1. The van der Waals surface area contributed by atoms with E-state index in [-0.39, 0.29) is 17.6 Å². The van der Waals surface area contributed by atoms with Gasteiger partial charge >= 0.3 is 0 Å². The lowest BCUT2D eigenvalue weighted by Gasteiger charge is -2.11. The van der Waals surface area contributed by atoms with E-state index in [1.807, 2.05) is 72.8 Å². The lowest BCUT2D eigenvalue weighted by atomic mass is 10.1. The molecule has 0 atom stereocenters. The summed E-state index contributed by atoms with van der Waals surface area (Å²) in [5.74, 6) is 0.563. The molecule has 0 fully saturated rings. The maximum Gasteiger partial charge on any atom is 0.256 e. The number of hydrogen-bond acceptors (Lipinski definition) is 4. The number of hydrogen-bond donors (Lipinski definition) is 2. The van der Waals surface area contributed by atoms with Gasteiger partial charge in [0, 0.05) is 10.6 Å². The molecule has 1 aromatic heterocycles. The minimum atomic E-state index is -0.212. The molecule has 6 heteroatoms. The highest BCUT2D eigenvalue weighted by atomic mass is 32.2. The number of benzene rings is 3. The molecular formula is C26H22N2O3S. The van der Waals surface area contributed by atoms with Gasteiger partial charge in [-0.1, -0.05) is 54.6 Å². The third kappa shape index (κ3) is 5.68. The summed E-state index contributed by atoms with van der Waals surface area (Å²) >= 11 is 1.33. The second-order valence-electron chi connectivity index (χ2n) is 7.04. The van der Waals surface area contributed by atoms with Crippen LogP contribution in [0.1, 0.15) is 16.1 Å². The average Bonchev–Trinajstić information content (AvgIpc) is 3.36. The first-order valence-corrected chi connectivity index (χ1v) is 11.2. The van der Waals surface area contributed by atoms with Crippen LogP contribution in [0.2, 0.25) is 0 Å². The van der Waals surface area contributed by atoms with E-state index in [0.29, 0.717) is 23.6 Å². The van der Waals surface area contributed by atoms with Crippen molar-refractivity contribution in [2.75, 3.05) is 11.1 Å². The lowest BCUT2D eigenvalue weighted by molar-refractivity contribution is -0.118. The van der Waals surface area contributed by atoms with Crippen molar-refractivity contribution in [3.63, 3.8) is 0 Å². The second-order valence-corrected chi connectivity index (χ2v) is 8.06. The second kappa shape index (κ2) is 10.5. The fourth-order valence-corrected chi connectivity index (χ4v) is 4.03. The monoisotopic (exact) mass is 442 g/mol. The van der Waals surface area contributed by atoms with Crippen molar-refractivity contribution < 1.29 is 14.0 Å². The molecule has 160 valence electrons. The normalized spacial score (nSPS) is 10.5. The molecule has 3 aromatic carbocycles. The first-order chi connectivity index (χ1) is 15.7. The van der Waals surface area contributed by atoms with Crippen LogP contribution in [-0.4, -0.2) is 17.6 Å².